The van der Waals surface area contributed by atoms with Gasteiger partial charge in [0.25, 0.3) is 0 Å². The van der Waals surface area contributed by atoms with Gasteiger partial charge in [-0.25, -0.2) is 0 Å². The highest BCUT2D eigenvalue weighted by Crippen LogP contribution is 1.89. The molecule has 2 N–H and O–H groups in total. The van der Waals surface area contributed by atoms with Crippen molar-refractivity contribution in [1.29, 1.82) is 0 Å². The second-order valence-corrected chi connectivity index (χ2v) is 2.10. The van der Waals surface area contributed by atoms with E-state index < -0.39 is 0 Å². The van der Waals surface area contributed by atoms with Gasteiger partial charge in [-0.05, 0) is 6.92 Å². The van der Waals surface area contributed by atoms with Crippen molar-refractivity contribution in [3.63, 3.8) is 0 Å². The van der Waals surface area contributed by atoms with E-state index >= 15 is 0 Å². The zero-order valence-electron chi connectivity index (χ0n) is 4.55. The fourth-order valence-corrected chi connectivity index (χ4v) is 0.302. The molecule has 0 rings (SSSR count). The molecule has 7 heavy (non-hydrogen) atoms. The van der Waals surface area contributed by atoms with Crippen LogP contribution in [0.25, 0.3) is 0 Å². The highest BCUT2D eigenvalue weighted by Gasteiger charge is 1.94. The average molecular weight is 118 g/mol. The lowest BCUT2D eigenvalue weighted by Crippen LogP contribution is -2.20. The Morgan fingerprint density at radius 2 is 2.29 bits per heavy atom. The molecule has 0 aliphatic heterocycles. The summed E-state index contributed by atoms with van der Waals surface area (Å²) in [4.78, 5) is 3.71. The van der Waals surface area contributed by atoms with E-state index in [0.717, 1.165) is 0 Å². The first kappa shape index (κ1) is 6.82. The molecule has 0 aromatic rings. The molecule has 42 valence electrons. The van der Waals surface area contributed by atoms with Gasteiger partial charge >= 0.3 is 0 Å². The molecule has 0 aliphatic carbocycles. The Morgan fingerprint density at radius 3 is 2.29 bits per heavy atom. The number of nitrogens with zero attached hydrogens (tertiary/aromatic N) is 1. The minimum Gasteiger partial charge on any atom is -0.387 e. The van der Waals surface area contributed by atoms with Gasteiger partial charge in [-0.3, -0.25) is 4.99 Å². The molecule has 0 spiro atoms. The van der Waals surface area contributed by atoms with E-state index in [9.17, 15) is 0 Å². The number of rotatable bonds is 1. The van der Waals surface area contributed by atoms with Crippen LogP contribution in [0.3, 0.4) is 0 Å². The van der Waals surface area contributed by atoms with Crippen LogP contribution in [0.5, 0.6) is 0 Å². The lowest BCUT2D eigenvalue weighted by Gasteiger charge is -1.98. The van der Waals surface area contributed by atoms with Crippen molar-refractivity contribution in [2.24, 2.45) is 10.7 Å². The third-order valence-electron chi connectivity index (χ3n) is 0.686. The first-order chi connectivity index (χ1) is 3.18. The molecule has 0 radical (unpaired) electrons. The minimum atomic E-state index is 0.0880. The van der Waals surface area contributed by atoms with E-state index in [1.54, 1.807) is 7.05 Å². The van der Waals surface area contributed by atoms with Crippen LogP contribution in [0.15, 0.2) is 4.99 Å². The Hall–Kier alpha value is -0.180. The van der Waals surface area contributed by atoms with Crippen molar-refractivity contribution < 1.29 is 0 Å². The summed E-state index contributed by atoms with van der Waals surface area (Å²) in [7, 11) is 1.65. The number of hydrogen-bond acceptors (Lipinski definition) is 2. The predicted molar refractivity (Wildman–Crippen MR) is 36.0 cm³/mol. The van der Waals surface area contributed by atoms with Gasteiger partial charge in [-0.2, -0.15) is 12.6 Å². The summed E-state index contributed by atoms with van der Waals surface area (Å²) in [6.45, 7) is 1.88. The summed E-state index contributed by atoms with van der Waals surface area (Å²) >= 11 is 4.02. The van der Waals surface area contributed by atoms with Crippen LogP contribution in [0, 0.1) is 0 Å². The Kier molecular flexibility index (Phi) is 2.83. The molecule has 2 nitrogen and oxygen atoms in total. The van der Waals surface area contributed by atoms with Crippen LogP contribution in [-0.2, 0) is 0 Å². The standard InChI is InChI=1S/C4H10N2S/c1-3(7)4(5)6-2/h3,7H,1-2H3,(H2,5,6)/t3-/m1/s1. The quantitative estimate of drug-likeness (QED) is 0.290. The van der Waals surface area contributed by atoms with Crippen LogP contribution >= 0.6 is 12.6 Å². The Balaban J connectivity index is 3.56. The molecule has 0 saturated carbocycles. The first-order valence-corrected chi connectivity index (χ1v) is 2.60. The molecule has 0 aromatic heterocycles. The van der Waals surface area contributed by atoms with E-state index in [-0.39, 0.29) is 5.25 Å². The normalized spacial score (nSPS) is 16.7. The topological polar surface area (TPSA) is 38.4 Å². The summed E-state index contributed by atoms with van der Waals surface area (Å²) in [6.07, 6.45) is 0. The summed E-state index contributed by atoms with van der Waals surface area (Å²) in [5.74, 6) is 0.586. The molecule has 0 fully saturated rings. The lowest BCUT2D eigenvalue weighted by atomic mass is 10.4. The van der Waals surface area contributed by atoms with Gasteiger partial charge in [-0.1, -0.05) is 0 Å². The molecule has 0 saturated heterocycles. The molecule has 0 amide bonds. The van der Waals surface area contributed by atoms with Crippen molar-refractivity contribution in [1.82, 2.24) is 0 Å². The molecule has 3 heteroatoms. The number of hydrogen-bond donors (Lipinski definition) is 2. The van der Waals surface area contributed by atoms with Gasteiger partial charge in [0.2, 0.25) is 0 Å². The third kappa shape index (κ3) is 2.51. The van der Waals surface area contributed by atoms with Gasteiger partial charge in [0.15, 0.2) is 0 Å². The number of nitrogens with two attached hydrogens (primary N) is 1. The van der Waals surface area contributed by atoms with Crippen molar-refractivity contribution in [3.8, 4) is 0 Å². The number of aliphatic imine (C=N–C) groups is 1. The van der Waals surface area contributed by atoms with Crippen LogP contribution in [0.1, 0.15) is 6.92 Å². The van der Waals surface area contributed by atoms with E-state index in [1.165, 1.54) is 0 Å². The van der Waals surface area contributed by atoms with Crippen molar-refractivity contribution >= 4 is 18.5 Å². The summed E-state index contributed by atoms with van der Waals surface area (Å²) in [5.41, 5.74) is 5.29. The maximum absolute atomic E-state index is 5.29. The van der Waals surface area contributed by atoms with E-state index in [1.807, 2.05) is 6.92 Å². The summed E-state index contributed by atoms with van der Waals surface area (Å²) in [5, 5.41) is 0.0880. The SMILES string of the molecule is CN=C(N)[C@@H](C)S. The van der Waals surface area contributed by atoms with Gasteiger partial charge in [0.05, 0.1) is 5.25 Å². The van der Waals surface area contributed by atoms with Crippen LogP contribution in [0.4, 0.5) is 0 Å². The maximum Gasteiger partial charge on any atom is 0.106 e. The second-order valence-electron chi connectivity index (χ2n) is 1.32. The summed E-state index contributed by atoms with van der Waals surface area (Å²) < 4.78 is 0. The Bertz CT molecular complexity index is 77.8. The Labute approximate surface area is 49.2 Å². The molecule has 0 aromatic carbocycles. The zero-order chi connectivity index (χ0) is 5.86. The Morgan fingerprint density at radius 1 is 1.86 bits per heavy atom. The number of thiol groups is 1. The molecule has 0 aliphatic rings. The molecule has 0 unspecified atom stereocenters. The van der Waals surface area contributed by atoms with Crippen molar-refractivity contribution in [3.05, 3.63) is 0 Å². The maximum atomic E-state index is 5.29. The smallest absolute Gasteiger partial charge is 0.106 e. The lowest BCUT2D eigenvalue weighted by molar-refractivity contribution is 1.24. The van der Waals surface area contributed by atoms with E-state index in [4.69, 9.17) is 5.73 Å². The van der Waals surface area contributed by atoms with Gasteiger partial charge in [-0.15, -0.1) is 0 Å². The fourth-order valence-electron chi connectivity index (χ4n) is 0.187. The van der Waals surface area contributed by atoms with E-state index in [0.29, 0.717) is 5.84 Å². The molecule has 0 heterocycles. The monoisotopic (exact) mass is 118 g/mol. The highest BCUT2D eigenvalue weighted by molar-refractivity contribution is 7.81. The van der Waals surface area contributed by atoms with Crippen LogP contribution in [-0.4, -0.2) is 18.1 Å². The van der Waals surface area contributed by atoms with Crippen molar-refractivity contribution in [2.75, 3.05) is 7.05 Å². The first-order valence-electron chi connectivity index (χ1n) is 2.08. The average Bonchev–Trinajstić information content (AvgIpc) is 1.65. The van der Waals surface area contributed by atoms with Gasteiger partial charge in [0, 0.05) is 7.05 Å². The van der Waals surface area contributed by atoms with Crippen LogP contribution in [0.2, 0.25) is 0 Å². The largest absolute Gasteiger partial charge is 0.387 e. The predicted octanol–water partition coefficient (Wildman–Crippen LogP) is 0.292. The van der Waals surface area contributed by atoms with E-state index in [2.05, 4.69) is 17.6 Å². The van der Waals surface area contributed by atoms with Gasteiger partial charge < -0.3 is 5.73 Å². The molecular formula is C4H10N2S. The number of amidine groups is 1. The van der Waals surface area contributed by atoms with Crippen molar-refractivity contribution in [2.45, 2.75) is 12.2 Å². The van der Waals surface area contributed by atoms with Gasteiger partial charge in [0.1, 0.15) is 5.84 Å². The van der Waals surface area contributed by atoms with Crippen LogP contribution < -0.4 is 5.73 Å². The second kappa shape index (κ2) is 2.91. The molecular weight excluding hydrogens is 108 g/mol. The molecule has 1 atom stereocenters. The fraction of sp³-hybridized carbons (Fsp3) is 0.750. The third-order valence-corrected chi connectivity index (χ3v) is 0.951. The highest BCUT2D eigenvalue weighted by atomic mass is 32.1. The zero-order valence-corrected chi connectivity index (χ0v) is 5.44. The molecule has 0 bridgehead atoms. The minimum absolute atomic E-state index is 0.0880. The summed E-state index contributed by atoms with van der Waals surface area (Å²) in [6, 6.07) is 0.